The van der Waals surface area contributed by atoms with Gasteiger partial charge in [-0.15, -0.1) is 6.58 Å². The first-order valence-corrected chi connectivity index (χ1v) is 10.5. The smallest absolute Gasteiger partial charge is 0.458 e. The van der Waals surface area contributed by atoms with Gasteiger partial charge in [-0.25, -0.2) is 17.6 Å². The minimum absolute atomic E-state index is 0.00405. The van der Waals surface area contributed by atoms with Crippen LogP contribution in [0.2, 0.25) is 0 Å². The molecule has 0 N–H and O–H groups in total. The maximum atomic E-state index is 14.6. The zero-order valence-corrected chi connectivity index (χ0v) is 18.4. The molecule has 0 amide bonds. The zero-order chi connectivity index (χ0) is 26.0. The lowest BCUT2D eigenvalue weighted by Gasteiger charge is -2.28. The lowest BCUT2D eigenvalue weighted by molar-refractivity contribution is -0.197. The highest BCUT2D eigenvalue weighted by Crippen LogP contribution is 2.32. The number of rotatable bonds is 5. The summed E-state index contributed by atoms with van der Waals surface area (Å²) >= 11 is 0. The van der Waals surface area contributed by atoms with E-state index >= 15 is 0 Å². The first-order valence-electron chi connectivity index (χ1n) is 10.5. The molecule has 0 atom stereocenters. The molecule has 1 saturated heterocycles. The Morgan fingerprint density at radius 1 is 0.972 bits per heavy atom. The van der Waals surface area contributed by atoms with Crippen LogP contribution in [0.1, 0.15) is 23.0 Å². The van der Waals surface area contributed by atoms with Crippen molar-refractivity contribution in [3.05, 3.63) is 89.0 Å². The molecule has 36 heavy (non-hydrogen) atoms. The monoisotopic (exact) mass is 510 g/mol. The van der Waals surface area contributed by atoms with Crippen molar-refractivity contribution < 1.29 is 44.9 Å². The van der Waals surface area contributed by atoms with E-state index in [-0.39, 0.29) is 42.1 Å². The maximum Gasteiger partial charge on any atom is 0.458 e. The van der Waals surface area contributed by atoms with E-state index in [0.29, 0.717) is 5.56 Å². The van der Waals surface area contributed by atoms with Gasteiger partial charge in [-0.3, -0.25) is 0 Å². The summed E-state index contributed by atoms with van der Waals surface area (Å²) < 4.78 is 111. The molecule has 3 aromatic rings. The Balaban J connectivity index is 1.52. The molecule has 0 aromatic heterocycles. The van der Waals surface area contributed by atoms with Gasteiger partial charge < -0.3 is 14.2 Å². The van der Waals surface area contributed by atoms with Crippen molar-refractivity contribution in [2.24, 2.45) is 5.92 Å². The Kier molecular flexibility index (Phi) is 7.24. The standard InChI is InChI=1S/C26H17F7O3/c1-2-14-11-35-25(36-12-14)17-9-21(28)24(22(29)10-17)34-13-15-3-4-18-16(7-15)8-20(27)19(23(18)30)5-6-26(31,32)33/h2-4,7-10,14,25H,1,11-13H2. The van der Waals surface area contributed by atoms with Crippen LogP contribution in [0.3, 0.4) is 0 Å². The first-order chi connectivity index (χ1) is 17.1. The van der Waals surface area contributed by atoms with Crippen LogP contribution in [0.25, 0.3) is 10.8 Å². The van der Waals surface area contributed by atoms with E-state index in [1.807, 2.05) is 0 Å². The van der Waals surface area contributed by atoms with Gasteiger partial charge in [0, 0.05) is 22.8 Å². The maximum absolute atomic E-state index is 14.6. The van der Waals surface area contributed by atoms with Gasteiger partial charge in [-0.1, -0.05) is 24.1 Å². The molecule has 0 spiro atoms. The summed E-state index contributed by atoms with van der Waals surface area (Å²) in [5.74, 6) is -2.95. The fourth-order valence-corrected chi connectivity index (χ4v) is 3.57. The van der Waals surface area contributed by atoms with Gasteiger partial charge in [0.05, 0.1) is 18.8 Å². The molecule has 0 radical (unpaired) electrons. The second-order valence-electron chi connectivity index (χ2n) is 7.95. The molecular weight excluding hydrogens is 493 g/mol. The molecule has 1 heterocycles. The highest BCUT2D eigenvalue weighted by Gasteiger charge is 2.25. The fourth-order valence-electron chi connectivity index (χ4n) is 3.57. The van der Waals surface area contributed by atoms with Gasteiger partial charge in [0.25, 0.3) is 0 Å². The molecule has 0 bridgehead atoms. The third-order valence-corrected chi connectivity index (χ3v) is 5.35. The SMILES string of the molecule is C=CC1COC(c2cc(F)c(OCc3ccc4c(F)c(C#CC(F)(F)F)c(F)cc4c3)c(F)c2)OC1. The van der Waals surface area contributed by atoms with E-state index in [1.165, 1.54) is 24.1 Å². The minimum atomic E-state index is -4.91. The Bertz CT molecular complexity index is 1340. The van der Waals surface area contributed by atoms with Crippen LogP contribution in [0, 0.1) is 41.0 Å². The molecule has 0 unspecified atom stereocenters. The summed E-state index contributed by atoms with van der Waals surface area (Å²) in [7, 11) is 0. The predicted octanol–water partition coefficient (Wildman–Crippen LogP) is 6.74. The Labute approximate surface area is 201 Å². The van der Waals surface area contributed by atoms with E-state index in [2.05, 4.69) is 6.58 Å². The van der Waals surface area contributed by atoms with Gasteiger partial charge in [0.15, 0.2) is 23.7 Å². The Morgan fingerprint density at radius 2 is 1.64 bits per heavy atom. The number of ether oxygens (including phenoxy) is 3. The van der Waals surface area contributed by atoms with Crippen molar-refractivity contribution >= 4 is 10.8 Å². The van der Waals surface area contributed by atoms with Crippen molar-refractivity contribution in [3.63, 3.8) is 0 Å². The molecule has 1 fully saturated rings. The molecule has 3 nitrogen and oxygen atoms in total. The molecule has 4 rings (SSSR count). The van der Waals surface area contributed by atoms with Gasteiger partial charge in [-0.05, 0) is 35.2 Å². The third-order valence-electron chi connectivity index (χ3n) is 5.35. The summed E-state index contributed by atoms with van der Waals surface area (Å²) in [6.45, 7) is 3.85. The average Bonchev–Trinajstić information content (AvgIpc) is 2.82. The second kappa shape index (κ2) is 10.2. The van der Waals surface area contributed by atoms with E-state index in [1.54, 1.807) is 6.08 Å². The van der Waals surface area contributed by atoms with E-state index in [0.717, 1.165) is 24.1 Å². The predicted molar refractivity (Wildman–Crippen MR) is 116 cm³/mol. The highest BCUT2D eigenvalue weighted by molar-refractivity contribution is 5.85. The molecule has 0 aliphatic carbocycles. The van der Waals surface area contributed by atoms with Crippen LogP contribution in [-0.2, 0) is 16.1 Å². The molecule has 1 aliphatic rings. The first kappa shape index (κ1) is 25.5. The summed E-state index contributed by atoms with van der Waals surface area (Å²) in [6.07, 6.45) is -4.21. The van der Waals surface area contributed by atoms with Crippen LogP contribution in [0.4, 0.5) is 30.7 Å². The largest absolute Gasteiger partial charge is 0.483 e. The minimum Gasteiger partial charge on any atom is -0.483 e. The summed E-state index contributed by atoms with van der Waals surface area (Å²) in [5.41, 5.74) is -0.590. The third kappa shape index (κ3) is 5.64. The average molecular weight is 510 g/mol. The fraction of sp³-hybridized carbons (Fsp3) is 0.231. The number of alkyl halides is 3. The quantitative estimate of drug-likeness (QED) is 0.216. The molecular formula is C26H17F7O3. The van der Waals surface area contributed by atoms with E-state index in [9.17, 15) is 30.7 Å². The number of hydrogen-bond donors (Lipinski definition) is 0. The molecule has 3 aromatic carbocycles. The number of halogens is 7. The summed E-state index contributed by atoms with van der Waals surface area (Å²) in [4.78, 5) is 0. The number of benzene rings is 3. The number of hydrogen-bond acceptors (Lipinski definition) is 3. The van der Waals surface area contributed by atoms with Gasteiger partial charge >= 0.3 is 6.18 Å². The summed E-state index contributed by atoms with van der Waals surface area (Å²) in [5, 5.41) is -0.177. The van der Waals surface area contributed by atoms with Crippen LogP contribution in [0.15, 0.2) is 49.1 Å². The van der Waals surface area contributed by atoms with E-state index < -0.39 is 47.0 Å². The molecule has 1 aliphatic heterocycles. The lowest BCUT2D eigenvalue weighted by Crippen LogP contribution is -2.25. The highest BCUT2D eigenvalue weighted by atomic mass is 19.4. The topological polar surface area (TPSA) is 27.7 Å². The van der Waals surface area contributed by atoms with Gasteiger partial charge in [0.1, 0.15) is 18.2 Å². The Hall–Kier alpha value is -3.55. The van der Waals surface area contributed by atoms with E-state index in [4.69, 9.17) is 14.2 Å². The van der Waals surface area contributed by atoms with Crippen LogP contribution in [0.5, 0.6) is 5.75 Å². The molecule has 10 heteroatoms. The van der Waals surface area contributed by atoms with Crippen LogP contribution < -0.4 is 4.74 Å². The number of fused-ring (bicyclic) bond motifs is 1. The van der Waals surface area contributed by atoms with Crippen molar-refractivity contribution in [1.29, 1.82) is 0 Å². The van der Waals surface area contributed by atoms with Crippen LogP contribution in [-0.4, -0.2) is 19.4 Å². The molecule has 188 valence electrons. The van der Waals surface area contributed by atoms with Crippen molar-refractivity contribution in [2.45, 2.75) is 19.1 Å². The normalized spacial score (nSPS) is 18.0. The second-order valence-corrected chi connectivity index (χ2v) is 7.95. The zero-order valence-electron chi connectivity index (χ0n) is 18.4. The Morgan fingerprint density at radius 3 is 2.25 bits per heavy atom. The lowest BCUT2D eigenvalue weighted by atomic mass is 10.0. The van der Waals surface area contributed by atoms with Crippen molar-refractivity contribution in [2.75, 3.05) is 13.2 Å². The van der Waals surface area contributed by atoms with Crippen LogP contribution >= 0.6 is 0 Å². The summed E-state index contributed by atoms with van der Waals surface area (Å²) in [6, 6.07) is 6.66. The van der Waals surface area contributed by atoms with Crippen molar-refractivity contribution in [3.8, 4) is 17.6 Å². The molecule has 0 saturated carbocycles. The van der Waals surface area contributed by atoms with Crippen molar-refractivity contribution in [1.82, 2.24) is 0 Å². The van der Waals surface area contributed by atoms with Gasteiger partial charge in [0.2, 0.25) is 0 Å². The van der Waals surface area contributed by atoms with Gasteiger partial charge in [-0.2, -0.15) is 13.2 Å².